The van der Waals surface area contributed by atoms with Crippen LogP contribution in [0.4, 0.5) is 0 Å². The quantitative estimate of drug-likeness (QED) is 0.772. The molecule has 1 saturated heterocycles. The molecule has 2 nitrogen and oxygen atoms in total. The van der Waals surface area contributed by atoms with Crippen LogP contribution in [0.1, 0.15) is 37.0 Å². The average Bonchev–Trinajstić information content (AvgIpc) is 3.18. The van der Waals surface area contributed by atoms with Gasteiger partial charge in [0.1, 0.15) is 6.10 Å². The molecule has 1 heterocycles. The zero-order valence-corrected chi connectivity index (χ0v) is 13.4. The maximum absolute atomic E-state index is 6.13. The van der Waals surface area contributed by atoms with E-state index in [9.17, 15) is 0 Å². The zero-order chi connectivity index (χ0) is 15.0. The van der Waals surface area contributed by atoms with Gasteiger partial charge in [0.15, 0.2) is 0 Å². The van der Waals surface area contributed by atoms with Gasteiger partial charge in [-0.15, -0.1) is 0 Å². The van der Waals surface area contributed by atoms with E-state index in [0.29, 0.717) is 12.7 Å². The van der Waals surface area contributed by atoms with Gasteiger partial charge < -0.3 is 9.47 Å². The van der Waals surface area contributed by atoms with E-state index in [4.69, 9.17) is 9.47 Å². The predicted octanol–water partition coefficient (Wildman–Crippen LogP) is 4.21. The fourth-order valence-corrected chi connectivity index (χ4v) is 3.16. The highest BCUT2D eigenvalue weighted by atomic mass is 16.6. The molecule has 3 rings (SSSR count). The van der Waals surface area contributed by atoms with Crippen molar-refractivity contribution in [3.05, 3.63) is 52.6 Å². The van der Waals surface area contributed by atoms with E-state index in [2.05, 4.69) is 58.0 Å². The molecule has 0 aromatic heterocycles. The highest BCUT2D eigenvalue weighted by molar-refractivity contribution is 5.71. The topological polar surface area (TPSA) is 21.8 Å². The van der Waals surface area contributed by atoms with Gasteiger partial charge in [-0.2, -0.15) is 0 Å². The number of benzene rings is 1. The molecular weight excluding hydrogens is 260 g/mol. The van der Waals surface area contributed by atoms with Gasteiger partial charge in [0.25, 0.3) is 0 Å². The van der Waals surface area contributed by atoms with Crippen LogP contribution in [0.2, 0.25) is 0 Å². The number of epoxide rings is 1. The third-order valence-electron chi connectivity index (χ3n) is 4.07. The van der Waals surface area contributed by atoms with Crippen molar-refractivity contribution in [3.63, 3.8) is 0 Å². The van der Waals surface area contributed by atoms with E-state index in [1.165, 1.54) is 27.8 Å². The minimum atomic E-state index is -0.224. The van der Waals surface area contributed by atoms with Crippen molar-refractivity contribution >= 4 is 5.57 Å². The molecule has 21 heavy (non-hydrogen) atoms. The van der Waals surface area contributed by atoms with Crippen LogP contribution in [0.15, 0.2) is 35.9 Å². The molecule has 0 amide bonds. The summed E-state index contributed by atoms with van der Waals surface area (Å²) in [7, 11) is 0. The highest BCUT2D eigenvalue weighted by Gasteiger charge is 2.31. The number of rotatable bonds is 4. The molecule has 1 aliphatic carbocycles. The van der Waals surface area contributed by atoms with Crippen LogP contribution in [0.5, 0.6) is 0 Å². The molecule has 0 bridgehead atoms. The van der Waals surface area contributed by atoms with Crippen LogP contribution < -0.4 is 0 Å². The monoisotopic (exact) mass is 284 g/mol. The predicted molar refractivity (Wildman–Crippen MR) is 86.4 cm³/mol. The first-order valence-corrected chi connectivity index (χ1v) is 7.68. The van der Waals surface area contributed by atoms with Crippen molar-refractivity contribution < 1.29 is 9.47 Å². The Bertz CT molecular complexity index is 588. The van der Waals surface area contributed by atoms with Crippen molar-refractivity contribution in [2.24, 2.45) is 0 Å². The number of aryl methyl sites for hydroxylation is 2. The summed E-state index contributed by atoms with van der Waals surface area (Å²) in [5.41, 5.74) is 6.35. The van der Waals surface area contributed by atoms with Crippen molar-refractivity contribution in [1.29, 1.82) is 0 Å². The van der Waals surface area contributed by atoms with Crippen LogP contribution >= 0.6 is 0 Å². The molecule has 0 radical (unpaired) electrons. The molecular formula is C19H24O2. The Morgan fingerprint density at radius 3 is 2.48 bits per heavy atom. The summed E-state index contributed by atoms with van der Waals surface area (Å²) in [5, 5.41) is 0. The van der Waals surface area contributed by atoms with Gasteiger partial charge in [0.05, 0.1) is 18.8 Å². The molecule has 1 aromatic rings. The Labute approximate surface area is 127 Å². The summed E-state index contributed by atoms with van der Waals surface area (Å²) in [6.07, 6.45) is 5.75. The molecule has 0 spiro atoms. The van der Waals surface area contributed by atoms with E-state index in [1.807, 2.05) is 0 Å². The Morgan fingerprint density at radius 2 is 1.86 bits per heavy atom. The standard InChI is InChI=1S/C19H24O2/c1-13-5-14(2)7-16(6-13)17-8-15(3)9-19(4,10-17)21-12-18-11-20-18/h5-9,18H,10-12H2,1-4H3. The van der Waals surface area contributed by atoms with E-state index in [1.54, 1.807) is 0 Å². The van der Waals surface area contributed by atoms with Crippen molar-refractivity contribution in [1.82, 2.24) is 0 Å². The Balaban J connectivity index is 1.83. The lowest BCUT2D eigenvalue weighted by Crippen LogP contribution is -2.30. The van der Waals surface area contributed by atoms with Gasteiger partial charge in [-0.25, -0.2) is 0 Å². The van der Waals surface area contributed by atoms with Crippen molar-refractivity contribution in [3.8, 4) is 0 Å². The van der Waals surface area contributed by atoms with Crippen LogP contribution in [-0.2, 0) is 9.47 Å². The third kappa shape index (κ3) is 3.63. The van der Waals surface area contributed by atoms with Gasteiger partial charge >= 0.3 is 0 Å². The maximum atomic E-state index is 6.13. The number of hydrogen-bond acceptors (Lipinski definition) is 2. The molecule has 2 aliphatic rings. The van der Waals surface area contributed by atoms with Crippen LogP contribution in [0.3, 0.4) is 0 Å². The molecule has 2 heteroatoms. The number of ether oxygens (including phenoxy) is 2. The van der Waals surface area contributed by atoms with E-state index in [-0.39, 0.29) is 5.60 Å². The summed E-state index contributed by atoms with van der Waals surface area (Å²) in [5.74, 6) is 0. The summed E-state index contributed by atoms with van der Waals surface area (Å²) < 4.78 is 11.4. The van der Waals surface area contributed by atoms with Crippen molar-refractivity contribution in [2.75, 3.05) is 13.2 Å². The largest absolute Gasteiger partial charge is 0.371 e. The highest BCUT2D eigenvalue weighted by Crippen LogP contribution is 2.36. The van der Waals surface area contributed by atoms with E-state index in [0.717, 1.165) is 13.0 Å². The second kappa shape index (κ2) is 5.43. The van der Waals surface area contributed by atoms with Crippen molar-refractivity contribution in [2.45, 2.75) is 45.8 Å². The minimum absolute atomic E-state index is 0.224. The SMILES string of the molecule is CC1=CC(C)(OCC2CO2)CC(c2cc(C)cc(C)c2)=C1. The molecule has 2 atom stereocenters. The van der Waals surface area contributed by atoms with Gasteiger partial charge in [-0.1, -0.05) is 41.0 Å². The first-order chi connectivity index (χ1) is 9.93. The summed E-state index contributed by atoms with van der Waals surface area (Å²) in [6, 6.07) is 6.75. The summed E-state index contributed by atoms with van der Waals surface area (Å²) >= 11 is 0. The molecule has 112 valence electrons. The lowest BCUT2D eigenvalue weighted by atomic mass is 9.84. The molecule has 0 N–H and O–H groups in total. The van der Waals surface area contributed by atoms with Crippen LogP contribution in [0.25, 0.3) is 5.57 Å². The second-order valence-corrected chi connectivity index (χ2v) is 6.69. The molecule has 0 saturated carbocycles. The lowest BCUT2D eigenvalue weighted by Gasteiger charge is -2.32. The fraction of sp³-hybridized carbons (Fsp3) is 0.474. The average molecular weight is 284 g/mol. The summed E-state index contributed by atoms with van der Waals surface area (Å²) in [4.78, 5) is 0. The fourth-order valence-electron chi connectivity index (χ4n) is 3.16. The summed E-state index contributed by atoms with van der Waals surface area (Å²) in [6.45, 7) is 10.2. The van der Waals surface area contributed by atoms with Gasteiger partial charge in [-0.05, 0) is 44.9 Å². The van der Waals surface area contributed by atoms with E-state index >= 15 is 0 Å². The Kier molecular flexibility index (Phi) is 3.76. The van der Waals surface area contributed by atoms with Gasteiger partial charge in [0, 0.05) is 6.42 Å². The second-order valence-electron chi connectivity index (χ2n) is 6.69. The Hall–Kier alpha value is -1.38. The van der Waals surface area contributed by atoms with Gasteiger partial charge in [-0.3, -0.25) is 0 Å². The third-order valence-corrected chi connectivity index (χ3v) is 4.07. The smallest absolute Gasteiger partial charge is 0.104 e. The molecule has 1 aromatic carbocycles. The molecule has 1 fully saturated rings. The normalized spacial score (nSPS) is 28.1. The van der Waals surface area contributed by atoms with Crippen LogP contribution in [-0.4, -0.2) is 24.9 Å². The van der Waals surface area contributed by atoms with Crippen LogP contribution in [0, 0.1) is 13.8 Å². The maximum Gasteiger partial charge on any atom is 0.104 e. The molecule has 1 aliphatic heterocycles. The minimum Gasteiger partial charge on any atom is -0.371 e. The zero-order valence-electron chi connectivity index (χ0n) is 13.4. The lowest BCUT2D eigenvalue weighted by molar-refractivity contribution is 0.0000779. The first-order valence-electron chi connectivity index (χ1n) is 7.68. The molecule has 2 unspecified atom stereocenters. The number of hydrogen-bond donors (Lipinski definition) is 0. The van der Waals surface area contributed by atoms with Gasteiger partial charge in [0.2, 0.25) is 0 Å². The van der Waals surface area contributed by atoms with E-state index < -0.39 is 0 Å². The first kappa shape index (κ1) is 14.6. The Morgan fingerprint density at radius 1 is 1.19 bits per heavy atom. The number of allylic oxidation sites excluding steroid dienone is 2.